The van der Waals surface area contributed by atoms with Crippen LogP contribution in [0.5, 0.6) is 11.6 Å². The van der Waals surface area contributed by atoms with E-state index in [2.05, 4.69) is 15.3 Å². The number of aromatic amines is 1. The Morgan fingerprint density at radius 3 is 2.70 bits per heavy atom. The fourth-order valence-corrected chi connectivity index (χ4v) is 1.65. The molecule has 0 fully saturated rings. The molecule has 2 aromatic rings. The largest absolute Gasteiger partial charge is 0.497 e. The molecule has 10 heteroatoms. The number of anilines is 1. The number of ether oxygens (including phenoxy) is 2. The Kier molecular flexibility index (Phi) is 4.87. The first kappa shape index (κ1) is 15.9. The summed E-state index contributed by atoms with van der Waals surface area (Å²) >= 11 is 0. The van der Waals surface area contributed by atoms with Gasteiger partial charge in [0.05, 0.1) is 18.4 Å². The van der Waals surface area contributed by atoms with E-state index in [-0.39, 0.29) is 0 Å². The van der Waals surface area contributed by atoms with Gasteiger partial charge in [0.25, 0.3) is 5.91 Å². The average molecular weight is 320 g/mol. The third-order valence-electron chi connectivity index (χ3n) is 2.69. The number of hydrogen-bond donors (Lipinski definition) is 2. The second kappa shape index (κ2) is 7.02. The topological polar surface area (TPSA) is 136 Å². The maximum Gasteiger partial charge on any atom is 0.395 e. The Labute approximate surface area is 129 Å². The van der Waals surface area contributed by atoms with Gasteiger partial charge in [-0.1, -0.05) is 0 Å². The van der Waals surface area contributed by atoms with Crippen LogP contribution in [0, 0.1) is 10.1 Å². The molecule has 10 nitrogen and oxygen atoms in total. The van der Waals surface area contributed by atoms with Crippen molar-refractivity contribution in [2.24, 2.45) is 0 Å². The van der Waals surface area contributed by atoms with Gasteiger partial charge in [-0.15, -0.1) is 0 Å². The highest BCUT2D eigenvalue weighted by Crippen LogP contribution is 2.18. The number of hydrogen-bond acceptors (Lipinski definition) is 7. The summed E-state index contributed by atoms with van der Waals surface area (Å²) < 4.78 is 9.93. The predicted molar refractivity (Wildman–Crippen MR) is 78.6 cm³/mol. The second-order valence-corrected chi connectivity index (χ2v) is 4.21. The molecule has 120 valence electrons. The van der Waals surface area contributed by atoms with E-state index in [1.54, 1.807) is 24.3 Å². The van der Waals surface area contributed by atoms with Crippen LogP contribution in [0.1, 0.15) is 0 Å². The molecule has 0 saturated carbocycles. The molecule has 1 aromatic carbocycles. The smallest absolute Gasteiger partial charge is 0.395 e. The molecule has 0 bridgehead atoms. The summed E-state index contributed by atoms with van der Waals surface area (Å²) in [5.74, 6) is -0.460. The Morgan fingerprint density at radius 2 is 2.09 bits per heavy atom. The van der Waals surface area contributed by atoms with Gasteiger partial charge in [-0.05, 0) is 24.3 Å². The van der Waals surface area contributed by atoms with Gasteiger partial charge < -0.3 is 19.8 Å². The Morgan fingerprint density at radius 1 is 1.39 bits per heavy atom. The van der Waals surface area contributed by atoms with E-state index >= 15 is 0 Å². The van der Waals surface area contributed by atoms with Gasteiger partial charge in [-0.2, -0.15) is 4.98 Å². The van der Waals surface area contributed by atoms with Gasteiger partial charge >= 0.3 is 17.1 Å². The van der Waals surface area contributed by atoms with E-state index in [9.17, 15) is 19.7 Å². The Bertz CT molecular complexity index is 771. The van der Waals surface area contributed by atoms with E-state index in [0.29, 0.717) is 11.4 Å². The first-order chi connectivity index (χ1) is 11.0. The van der Waals surface area contributed by atoms with Crippen molar-refractivity contribution in [1.29, 1.82) is 0 Å². The number of carbonyl (C=O) groups excluding carboxylic acids is 1. The molecule has 0 aliphatic heterocycles. The van der Waals surface area contributed by atoms with Crippen LogP contribution in [0.3, 0.4) is 0 Å². The predicted octanol–water partition coefficient (Wildman–Crippen LogP) is 0.704. The van der Waals surface area contributed by atoms with Crippen LogP contribution in [0.25, 0.3) is 0 Å². The van der Waals surface area contributed by atoms with Crippen molar-refractivity contribution >= 4 is 17.3 Å². The van der Waals surface area contributed by atoms with Gasteiger partial charge in [0.1, 0.15) is 5.75 Å². The van der Waals surface area contributed by atoms with Crippen molar-refractivity contribution in [3.8, 4) is 11.6 Å². The van der Waals surface area contributed by atoms with Gasteiger partial charge in [0, 0.05) is 5.69 Å². The zero-order valence-corrected chi connectivity index (χ0v) is 11.9. The summed E-state index contributed by atoms with van der Waals surface area (Å²) in [7, 11) is 1.52. The third-order valence-corrected chi connectivity index (χ3v) is 2.69. The normalized spacial score (nSPS) is 9.96. The minimum atomic E-state index is -0.962. The van der Waals surface area contributed by atoms with E-state index in [4.69, 9.17) is 9.47 Å². The zero-order chi connectivity index (χ0) is 16.8. The molecular formula is C13H12N4O6. The maximum absolute atomic E-state index is 11.8. The zero-order valence-electron chi connectivity index (χ0n) is 11.9. The van der Waals surface area contributed by atoms with Gasteiger partial charge in [-0.3, -0.25) is 19.7 Å². The molecule has 1 heterocycles. The van der Waals surface area contributed by atoms with Crippen molar-refractivity contribution < 1.29 is 19.2 Å². The molecule has 0 spiro atoms. The summed E-state index contributed by atoms with van der Waals surface area (Å²) in [5, 5.41) is 13.3. The minimum Gasteiger partial charge on any atom is -0.497 e. The van der Waals surface area contributed by atoms with Gasteiger partial charge in [0.2, 0.25) is 0 Å². The number of methoxy groups -OCH3 is 1. The molecule has 23 heavy (non-hydrogen) atoms. The number of nitrogens with zero attached hydrogens (tertiary/aromatic N) is 2. The van der Waals surface area contributed by atoms with Crippen LogP contribution in [-0.2, 0) is 4.79 Å². The molecule has 0 atom stereocenters. The van der Waals surface area contributed by atoms with Crippen molar-refractivity contribution in [1.82, 2.24) is 9.97 Å². The molecule has 1 amide bonds. The summed E-state index contributed by atoms with van der Waals surface area (Å²) in [4.78, 5) is 38.6. The quantitative estimate of drug-likeness (QED) is 0.590. The molecule has 2 N–H and O–H groups in total. The lowest BCUT2D eigenvalue weighted by atomic mass is 10.3. The minimum absolute atomic E-state index is 0.493. The first-order valence-corrected chi connectivity index (χ1v) is 6.30. The number of H-pyrrole nitrogens is 1. The standard InChI is InChI=1S/C13H12N4O6/c1-22-9-4-2-8(3-5-9)16-10(18)6-23-13-11(17(20)21)12(19)14-7-15-13/h2-5,7H,6H2,1H3,(H,16,18)(H,14,15,19). The lowest BCUT2D eigenvalue weighted by Crippen LogP contribution is -2.22. The lowest BCUT2D eigenvalue weighted by Gasteiger charge is -2.07. The highest BCUT2D eigenvalue weighted by molar-refractivity contribution is 5.91. The molecule has 0 saturated heterocycles. The fourth-order valence-electron chi connectivity index (χ4n) is 1.65. The molecule has 0 aliphatic rings. The summed E-state index contributed by atoms with van der Waals surface area (Å²) in [6.45, 7) is -0.538. The van der Waals surface area contributed by atoms with Crippen LogP contribution < -0.4 is 20.3 Å². The van der Waals surface area contributed by atoms with Crippen molar-refractivity contribution in [3.05, 3.63) is 51.1 Å². The van der Waals surface area contributed by atoms with E-state index < -0.39 is 34.6 Å². The molecule has 0 radical (unpaired) electrons. The number of aromatic nitrogens is 2. The number of benzene rings is 1. The summed E-state index contributed by atoms with van der Waals surface area (Å²) in [5.41, 5.74) is -1.33. The van der Waals surface area contributed by atoms with Gasteiger partial charge in [-0.25, -0.2) is 0 Å². The SMILES string of the molecule is COc1ccc(NC(=O)COc2nc[nH]c(=O)c2[N+](=O)[O-])cc1. The summed E-state index contributed by atoms with van der Waals surface area (Å²) in [6, 6.07) is 6.54. The number of rotatable bonds is 6. The molecule has 0 unspecified atom stereocenters. The van der Waals surface area contributed by atoms with Crippen LogP contribution in [0.4, 0.5) is 11.4 Å². The van der Waals surface area contributed by atoms with Crippen LogP contribution in [0.2, 0.25) is 0 Å². The Balaban J connectivity index is 2.00. The molecule has 0 aliphatic carbocycles. The number of amides is 1. The molecule has 2 rings (SSSR count). The molecular weight excluding hydrogens is 308 g/mol. The van der Waals surface area contributed by atoms with Crippen molar-refractivity contribution in [2.75, 3.05) is 19.0 Å². The van der Waals surface area contributed by atoms with Crippen molar-refractivity contribution in [2.45, 2.75) is 0 Å². The second-order valence-electron chi connectivity index (χ2n) is 4.21. The fraction of sp³-hybridized carbons (Fsp3) is 0.154. The maximum atomic E-state index is 11.8. The van der Waals surface area contributed by atoms with Crippen LogP contribution >= 0.6 is 0 Å². The molecule has 1 aromatic heterocycles. The summed E-state index contributed by atoms with van der Waals surface area (Å²) in [6.07, 6.45) is 0.950. The number of carbonyl (C=O) groups is 1. The Hall–Kier alpha value is -3.43. The van der Waals surface area contributed by atoms with E-state index in [1.165, 1.54) is 7.11 Å². The monoisotopic (exact) mass is 320 g/mol. The number of nitro groups is 1. The average Bonchev–Trinajstić information content (AvgIpc) is 2.53. The number of nitrogens with one attached hydrogen (secondary N) is 2. The highest BCUT2D eigenvalue weighted by Gasteiger charge is 2.22. The van der Waals surface area contributed by atoms with Crippen molar-refractivity contribution in [3.63, 3.8) is 0 Å². The van der Waals surface area contributed by atoms with Crippen LogP contribution in [0.15, 0.2) is 35.4 Å². The van der Waals surface area contributed by atoms with Crippen LogP contribution in [-0.4, -0.2) is 34.5 Å². The van der Waals surface area contributed by atoms with Gasteiger partial charge in [0.15, 0.2) is 6.61 Å². The first-order valence-electron chi connectivity index (χ1n) is 6.30. The third kappa shape index (κ3) is 4.03. The highest BCUT2D eigenvalue weighted by atomic mass is 16.6. The van der Waals surface area contributed by atoms with E-state index in [0.717, 1.165) is 6.33 Å². The van der Waals surface area contributed by atoms with E-state index in [1.807, 2.05) is 0 Å². The lowest BCUT2D eigenvalue weighted by molar-refractivity contribution is -0.387.